The predicted octanol–water partition coefficient (Wildman–Crippen LogP) is 9.25. The van der Waals surface area contributed by atoms with Crippen LogP contribution in [0.4, 0.5) is 0 Å². The Morgan fingerprint density at radius 1 is 0.667 bits per heavy atom. The highest BCUT2D eigenvalue weighted by atomic mass is 79.9. The second-order valence-corrected chi connectivity index (χ2v) is 30.8. The Morgan fingerprint density at radius 2 is 1.00 bits per heavy atom. The van der Waals surface area contributed by atoms with Gasteiger partial charge in [-0.2, -0.15) is 0 Å². The Kier molecular flexibility index (Phi) is 5.76. The van der Waals surface area contributed by atoms with Crippen molar-refractivity contribution in [3.05, 3.63) is 0 Å². The van der Waals surface area contributed by atoms with Gasteiger partial charge < -0.3 is 4.52 Å². The van der Waals surface area contributed by atoms with Crippen molar-refractivity contribution in [1.29, 1.82) is 0 Å². The van der Waals surface area contributed by atoms with E-state index in [1.54, 1.807) is 0 Å². The molecule has 0 aromatic rings. The summed E-state index contributed by atoms with van der Waals surface area (Å²) in [4.78, 5) is 0. The minimum absolute atomic E-state index is 0.107. The Morgan fingerprint density at radius 3 is 1.33 bits per heavy atom. The lowest BCUT2D eigenvalue weighted by Gasteiger charge is -2.60. The zero-order valence-electron chi connectivity index (χ0n) is 22.1. The Balaban J connectivity index is 1.45. The molecule has 3 nitrogen and oxygen atoms in total. The first-order valence-corrected chi connectivity index (χ1v) is 24.6. The summed E-state index contributed by atoms with van der Waals surface area (Å²) in [6.07, 6.45) is 14.7. The van der Waals surface area contributed by atoms with E-state index < -0.39 is 22.6 Å². The van der Waals surface area contributed by atoms with Crippen LogP contribution in [0, 0.1) is 35.5 Å². The van der Waals surface area contributed by atoms with Crippen molar-refractivity contribution in [3.8, 4) is 0 Å². The molecule has 0 spiro atoms. The van der Waals surface area contributed by atoms with Gasteiger partial charge in [0.05, 0.1) is 11.1 Å². The molecule has 0 N–H and O–H groups in total. The Labute approximate surface area is 213 Å². The third-order valence-corrected chi connectivity index (χ3v) is 27.3. The summed E-state index contributed by atoms with van der Waals surface area (Å²) in [5.41, 5.74) is 0.307. The van der Waals surface area contributed by atoms with E-state index in [-0.39, 0.29) is 11.1 Å². The summed E-state index contributed by atoms with van der Waals surface area (Å²) < 4.78 is 16.8. The van der Waals surface area contributed by atoms with Gasteiger partial charge >= 0.3 is 0 Å². The first-order valence-electron chi connectivity index (χ1n) is 14.1. The maximum absolute atomic E-state index is 7.75. The lowest BCUT2D eigenvalue weighted by Crippen LogP contribution is -2.59. The van der Waals surface area contributed by atoms with Crippen LogP contribution in [0.3, 0.4) is 0 Å². The number of hydrogen-bond donors (Lipinski definition) is 0. The van der Waals surface area contributed by atoms with Gasteiger partial charge in [-0.25, -0.2) is 4.74 Å². The van der Waals surface area contributed by atoms with Crippen LogP contribution in [-0.2, 0) is 4.52 Å². The first-order chi connectivity index (χ1) is 15.3. The minimum atomic E-state index is -2.23. The standard InChI is InChI=1S/C26H48BrN2OPSi2/c1-32(2,3)29(33(4,5)6)31(27,28-25-13-19-7-20(14-25)9-21(8-19)15-25)30-26-16-22-10-23(17-26)12-24(11-22)18-26/h19-24H,7-18H2,1-6H3. The number of rotatable bonds is 6. The second-order valence-electron chi connectivity index (χ2n) is 15.6. The van der Waals surface area contributed by atoms with E-state index in [9.17, 15) is 0 Å². The lowest BCUT2D eigenvalue weighted by molar-refractivity contribution is -0.104. The van der Waals surface area contributed by atoms with Gasteiger partial charge in [-0.3, -0.25) is 4.00 Å². The van der Waals surface area contributed by atoms with E-state index in [1.807, 2.05) is 0 Å². The SMILES string of the molecule is C[Si](C)(C)N([Si](C)(C)C)P(Br)(=NC12CC3CC(CC(C3)C1)C2)OC12CC3CC(CC(C3)C1)C2. The molecule has 8 fully saturated rings. The molecule has 1 unspecified atom stereocenters. The summed E-state index contributed by atoms with van der Waals surface area (Å²) >= 11 is 4.52. The zero-order valence-corrected chi connectivity index (χ0v) is 26.6. The summed E-state index contributed by atoms with van der Waals surface area (Å²) in [7, 11) is -3.30. The highest BCUT2D eigenvalue weighted by Gasteiger charge is 2.58. The summed E-state index contributed by atoms with van der Waals surface area (Å²) in [6.45, 7) is 15.3. The molecular weight excluding hydrogens is 523 g/mol. The van der Waals surface area contributed by atoms with Gasteiger partial charge in [0.15, 0.2) is 0 Å². The maximum Gasteiger partial charge on any atom is 0.208 e. The monoisotopic (exact) mass is 570 g/mol. The molecule has 0 aromatic heterocycles. The van der Waals surface area contributed by atoms with Crippen molar-refractivity contribution >= 4 is 38.1 Å². The largest absolute Gasteiger partial charge is 0.319 e. The summed E-state index contributed by atoms with van der Waals surface area (Å²) in [5.74, 6) is 5.57. The molecule has 1 atom stereocenters. The van der Waals surface area contributed by atoms with E-state index in [4.69, 9.17) is 9.27 Å². The number of halogens is 1. The normalized spacial score (nSPS) is 47.9. The van der Waals surface area contributed by atoms with Crippen LogP contribution in [0.15, 0.2) is 4.74 Å². The van der Waals surface area contributed by atoms with Crippen molar-refractivity contribution < 1.29 is 4.52 Å². The third kappa shape index (κ3) is 4.41. The first kappa shape index (κ1) is 24.4. The molecule has 188 valence electrons. The molecule has 0 aromatic carbocycles. The van der Waals surface area contributed by atoms with Gasteiger partial charge in [-0.15, -0.1) is 0 Å². The summed E-state index contributed by atoms with van der Waals surface area (Å²) in [5, 5.41) is 0. The van der Waals surface area contributed by atoms with Gasteiger partial charge in [0.2, 0.25) is 6.13 Å². The third-order valence-electron chi connectivity index (χ3n) is 10.2. The molecule has 8 aliphatic rings. The van der Waals surface area contributed by atoms with Gasteiger partial charge in [-0.05, 0) is 113 Å². The van der Waals surface area contributed by atoms with E-state index in [2.05, 4.69) is 58.8 Å². The predicted molar refractivity (Wildman–Crippen MR) is 150 cm³/mol. The lowest BCUT2D eigenvalue weighted by atomic mass is 9.53. The number of hydrogen-bond acceptors (Lipinski definition) is 2. The highest BCUT2D eigenvalue weighted by molar-refractivity contribution is 9.40. The molecule has 7 heteroatoms. The van der Waals surface area contributed by atoms with Crippen molar-refractivity contribution in [1.82, 2.24) is 4.00 Å². The fourth-order valence-corrected chi connectivity index (χ4v) is 37.4. The van der Waals surface area contributed by atoms with Crippen LogP contribution in [0.2, 0.25) is 39.3 Å². The molecule has 0 amide bonds. The molecule has 8 rings (SSSR count). The average molecular weight is 572 g/mol. The molecule has 0 heterocycles. The van der Waals surface area contributed by atoms with Crippen molar-refractivity contribution in [3.63, 3.8) is 0 Å². The van der Waals surface area contributed by atoms with E-state index >= 15 is 0 Å². The quantitative estimate of drug-likeness (QED) is 0.234. The zero-order chi connectivity index (χ0) is 23.4. The molecule has 8 bridgehead atoms. The molecule has 0 radical (unpaired) electrons. The minimum Gasteiger partial charge on any atom is -0.319 e. The fraction of sp³-hybridized carbons (Fsp3) is 1.00. The van der Waals surface area contributed by atoms with Gasteiger partial charge in [0.25, 0.3) is 0 Å². The second kappa shape index (κ2) is 7.79. The van der Waals surface area contributed by atoms with Gasteiger partial charge in [-0.1, -0.05) is 39.3 Å². The fourth-order valence-electron chi connectivity index (χ4n) is 10.7. The van der Waals surface area contributed by atoms with Crippen LogP contribution in [-0.4, -0.2) is 31.6 Å². The molecule has 0 aliphatic heterocycles. The van der Waals surface area contributed by atoms with Crippen LogP contribution in [0.1, 0.15) is 77.0 Å². The van der Waals surface area contributed by atoms with Crippen molar-refractivity contribution in [2.75, 3.05) is 0 Å². The Hall–Kier alpha value is 1.06. The van der Waals surface area contributed by atoms with Crippen molar-refractivity contribution in [2.24, 2.45) is 40.3 Å². The van der Waals surface area contributed by atoms with Crippen molar-refractivity contribution in [2.45, 2.75) is 127 Å². The van der Waals surface area contributed by atoms with Crippen LogP contribution in [0.5, 0.6) is 0 Å². The molecule has 8 saturated carbocycles. The van der Waals surface area contributed by atoms with E-state index in [0.29, 0.717) is 0 Å². The van der Waals surface area contributed by atoms with Crippen LogP contribution in [0.25, 0.3) is 0 Å². The molecule has 8 aliphatic carbocycles. The van der Waals surface area contributed by atoms with Crippen LogP contribution >= 0.6 is 21.6 Å². The molecule has 33 heavy (non-hydrogen) atoms. The summed E-state index contributed by atoms with van der Waals surface area (Å²) in [6, 6.07) is 0. The molecule has 0 saturated heterocycles. The average Bonchev–Trinajstić information content (AvgIpc) is 2.54. The van der Waals surface area contributed by atoms with Crippen LogP contribution < -0.4 is 0 Å². The maximum atomic E-state index is 7.75. The van der Waals surface area contributed by atoms with Gasteiger partial charge in [0, 0.05) is 15.5 Å². The Bertz CT molecular complexity index is 779. The molecular formula is C26H48BrN2OPSi2. The van der Waals surface area contributed by atoms with E-state index in [1.165, 1.54) is 77.0 Å². The number of nitrogens with zero attached hydrogens (tertiary/aromatic N) is 2. The van der Waals surface area contributed by atoms with E-state index in [0.717, 1.165) is 35.5 Å². The van der Waals surface area contributed by atoms with Gasteiger partial charge in [0.1, 0.15) is 16.5 Å². The smallest absolute Gasteiger partial charge is 0.208 e. The highest BCUT2D eigenvalue weighted by Crippen LogP contribution is 2.74. The topological polar surface area (TPSA) is 24.8 Å².